The quantitative estimate of drug-likeness (QED) is 0.677. The molecule has 0 aliphatic rings. The van der Waals surface area contributed by atoms with Gasteiger partial charge in [0, 0.05) is 17.4 Å². The van der Waals surface area contributed by atoms with E-state index >= 15 is 0 Å². The normalized spacial score (nSPS) is 10.4. The van der Waals surface area contributed by atoms with Crippen LogP contribution in [-0.4, -0.2) is 30.6 Å². The van der Waals surface area contributed by atoms with E-state index in [1.807, 2.05) is 48.5 Å². The van der Waals surface area contributed by atoms with Crippen LogP contribution in [0.5, 0.6) is 5.75 Å². The van der Waals surface area contributed by atoms with Crippen LogP contribution in [-0.2, 0) is 16.1 Å². The summed E-state index contributed by atoms with van der Waals surface area (Å²) in [6.07, 6.45) is 0. The lowest BCUT2D eigenvalue weighted by molar-refractivity contribution is -0.124. The number of aromatic amines is 1. The van der Waals surface area contributed by atoms with Crippen molar-refractivity contribution >= 4 is 22.8 Å². The first-order valence-corrected chi connectivity index (χ1v) is 7.80. The number of hydrogen-bond donors (Lipinski definition) is 2. The molecule has 0 saturated carbocycles. The van der Waals surface area contributed by atoms with Crippen molar-refractivity contribution < 1.29 is 19.1 Å². The van der Waals surface area contributed by atoms with Gasteiger partial charge in [0.05, 0.1) is 7.11 Å². The lowest BCUT2D eigenvalue weighted by Crippen LogP contribution is -2.28. The molecular formula is C19H18N2O4. The first-order chi connectivity index (χ1) is 12.2. The van der Waals surface area contributed by atoms with E-state index in [0.29, 0.717) is 12.2 Å². The van der Waals surface area contributed by atoms with Gasteiger partial charge in [0.1, 0.15) is 11.4 Å². The number of benzene rings is 2. The number of esters is 1. The van der Waals surface area contributed by atoms with Gasteiger partial charge in [-0.1, -0.05) is 30.3 Å². The Morgan fingerprint density at radius 2 is 1.92 bits per heavy atom. The lowest BCUT2D eigenvalue weighted by atomic mass is 10.2. The van der Waals surface area contributed by atoms with Gasteiger partial charge in [-0.15, -0.1) is 0 Å². The average molecular weight is 338 g/mol. The third kappa shape index (κ3) is 4.17. The monoisotopic (exact) mass is 338 g/mol. The molecule has 0 unspecified atom stereocenters. The molecule has 0 fully saturated rings. The Bertz CT molecular complexity index is 868. The van der Waals surface area contributed by atoms with Crippen LogP contribution in [0, 0.1) is 0 Å². The summed E-state index contributed by atoms with van der Waals surface area (Å²) in [5, 5.41) is 3.62. The number of methoxy groups -OCH3 is 1. The SMILES string of the molecule is COc1cccc(CNC(=O)COC(=O)c2cc3ccccc3[nH]2)c1. The van der Waals surface area contributed by atoms with E-state index in [-0.39, 0.29) is 12.5 Å². The molecule has 0 bridgehead atoms. The van der Waals surface area contributed by atoms with Crippen LogP contribution < -0.4 is 10.1 Å². The summed E-state index contributed by atoms with van der Waals surface area (Å²) in [6, 6.07) is 16.6. The fourth-order valence-corrected chi connectivity index (χ4v) is 2.43. The van der Waals surface area contributed by atoms with Crippen molar-refractivity contribution in [1.82, 2.24) is 10.3 Å². The van der Waals surface area contributed by atoms with Gasteiger partial charge in [0.15, 0.2) is 6.61 Å². The minimum atomic E-state index is -0.562. The number of para-hydroxylation sites is 1. The van der Waals surface area contributed by atoms with Gasteiger partial charge in [0.25, 0.3) is 5.91 Å². The molecule has 0 saturated heterocycles. The summed E-state index contributed by atoms with van der Waals surface area (Å²) in [5.74, 6) is -0.211. The number of carbonyl (C=O) groups is 2. The Morgan fingerprint density at radius 3 is 2.72 bits per heavy atom. The Hall–Kier alpha value is -3.28. The predicted molar refractivity (Wildman–Crippen MR) is 93.4 cm³/mol. The van der Waals surface area contributed by atoms with Crippen LogP contribution in [0.4, 0.5) is 0 Å². The number of fused-ring (bicyclic) bond motifs is 1. The fraction of sp³-hybridized carbons (Fsp3) is 0.158. The van der Waals surface area contributed by atoms with Crippen LogP contribution in [0.25, 0.3) is 10.9 Å². The maximum atomic E-state index is 12.0. The maximum absolute atomic E-state index is 12.0. The molecule has 2 aromatic carbocycles. The summed E-state index contributed by atoms with van der Waals surface area (Å²) < 4.78 is 10.2. The topological polar surface area (TPSA) is 80.4 Å². The largest absolute Gasteiger partial charge is 0.497 e. The molecule has 3 aromatic rings. The molecule has 0 aliphatic heterocycles. The van der Waals surface area contributed by atoms with Gasteiger partial charge in [-0.05, 0) is 29.8 Å². The molecule has 1 heterocycles. The number of aromatic nitrogens is 1. The van der Waals surface area contributed by atoms with Crippen molar-refractivity contribution in [2.45, 2.75) is 6.54 Å². The van der Waals surface area contributed by atoms with Gasteiger partial charge in [-0.2, -0.15) is 0 Å². The highest BCUT2D eigenvalue weighted by Gasteiger charge is 2.12. The van der Waals surface area contributed by atoms with E-state index in [4.69, 9.17) is 9.47 Å². The molecule has 2 N–H and O–H groups in total. The number of carbonyl (C=O) groups excluding carboxylic acids is 2. The van der Waals surface area contributed by atoms with Crippen molar-refractivity contribution in [2.75, 3.05) is 13.7 Å². The van der Waals surface area contributed by atoms with E-state index in [2.05, 4.69) is 10.3 Å². The summed E-state index contributed by atoms with van der Waals surface area (Å²) in [6.45, 7) is -0.00185. The molecule has 0 aliphatic carbocycles. The predicted octanol–water partition coefficient (Wildman–Crippen LogP) is 2.65. The molecular weight excluding hydrogens is 320 g/mol. The maximum Gasteiger partial charge on any atom is 0.355 e. The summed E-state index contributed by atoms with van der Waals surface area (Å²) in [7, 11) is 1.58. The fourth-order valence-electron chi connectivity index (χ4n) is 2.43. The summed E-state index contributed by atoms with van der Waals surface area (Å²) in [4.78, 5) is 26.8. The van der Waals surface area contributed by atoms with Crippen molar-refractivity contribution in [3.63, 3.8) is 0 Å². The summed E-state index contributed by atoms with van der Waals surface area (Å²) >= 11 is 0. The molecule has 128 valence electrons. The van der Waals surface area contributed by atoms with Crippen LogP contribution in [0.2, 0.25) is 0 Å². The minimum absolute atomic E-state index is 0.321. The van der Waals surface area contributed by atoms with Gasteiger partial charge in [0.2, 0.25) is 0 Å². The first kappa shape index (κ1) is 16.6. The third-order valence-corrected chi connectivity index (χ3v) is 3.71. The molecule has 1 aromatic heterocycles. The second kappa shape index (κ2) is 7.53. The minimum Gasteiger partial charge on any atom is -0.497 e. The van der Waals surface area contributed by atoms with E-state index in [1.54, 1.807) is 13.2 Å². The molecule has 0 radical (unpaired) electrons. The van der Waals surface area contributed by atoms with E-state index in [0.717, 1.165) is 22.2 Å². The Balaban J connectivity index is 1.50. The van der Waals surface area contributed by atoms with Crippen LogP contribution in [0.1, 0.15) is 16.1 Å². The highest BCUT2D eigenvalue weighted by molar-refractivity contribution is 5.95. The number of amides is 1. The molecule has 0 spiro atoms. The Kier molecular flexibility index (Phi) is 4.99. The standard InChI is InChI=1S/C19H18N2O4/c1-24-15-7-4-5-13(9-15)11-20-18(22)12-25-19(23)17-10-14-6-2-3-8-16(14)21-17/h2-10,21H,11-12H2,1H3,(H,20,22). The summed E-state index contributed by atoms with van der Waals surface area (Å²) in [5.41, 5.74) is 2.06. The molecule has 1 amide bonds. The number of rotatable bonds is 6. The third-order valence-electron chi connectivity index (χ3n) is 3.71. The van der Waals surface area contributed by atoms with Gasteiger partial charge < -0.3 is 19.8 Å². The number of ether oxygens (including phenoxy) is 2. The lowest BCUT2D eigenvalue weighted by Gasteiger charge is -2.07. The second-order valence-electron chi connectivity index (χ2n) is 5.47. The molecule has 3 rings (SSSR count). The first-order valence-electron chi connectivity index (χ1n) is 7.80. The average Bonchev–Trinajstić information content (AvgIpc) is 3.09. The second-order valence-corrected chi connectivity index (χ2v) is 5.47. The van der Waals surface area contributed by atoms with Gasteiger partial charge >= 0.3 is 5.97 Å². The van der Waals surface area contributed by atoms with Crippen molar-refractivity contribution in [3.8, 4) is 5.75 Å². The smallest absolute Gasteiger partial charge is 0.355 e. The number of nitrogens with one attached hydrogen (secondary N) is 2. The zero-order chi connectivity index (χ0) is 17.6. The number of H-pyrrole nitrogens is 1. The van der Waals surface area contributed by atoms with Crippen molar-refractivity contribution in [1.29, 1.82) is 0 Å². The zero-order valence-corrected chi connectivity index (χ0v) is 13.7. The van der Waals surface area contributed by atoms with Crippen molar-refractivity contribution in [3.05, 3.63) is 65.9 Å². The van der Waals surface area contributed by atoms with Gasteiger partial charge in [-0.25, -0.2) is 4.79 Å². The van der Waals surface area contributed by atoms with E-state index in [9.17, 15) is 9.59 Å². The number of hydrogen-bond acceptors (Lipinski definition) is 4. The van der Waals surface area contributed by atoms with Crippen molar-refractivity contribution in [2.24, 2.45) is 0 Å². The molecule has 6 heteroatoms. The molecule has 25 heavy (non-hydrogen) atoms. The van der Waals surface area contributed by atoms with E-state index < -0.39 is 5.97 Å². The van der Waals surface area contributed by atoms with Gasteiger partial charge in [-0.3, -0.25) is 4.79 Å². The molecule has 0 atom stereocenters. The Morgan fingerprint density at radius 1 is 1.08 bits per heavy atom. The molecule has 6 nitrogen and oxygen atoms in total. The van der Waals surface area contributed by atoms with Crippen LogP contribution >= 0.6 is 0 Å². The van der Waals surface area contributed by atoms with Crippen LogP contribution in [0.3, 0.4) is 0 Å². The van der Waals surface area contributed by atoms with Crippen LogP contribution in [0.15, 0.2) is 54.6 Å². The highest BCUT2D eigenvalue weighted by Crippen LogP contribution is 2.15. The zero-order valence-electron chi connectivity index (χ0n) is 13.7. The highest BCUT2D eigenvalue weighted by atomic mass is 16.5. The Labute approximate surface area is 144 Å². The van der Waals surface area contributed by atoms with E-state index in [1.165, 1.54) is 0 Å².